The minimum atomic E-state index is -1.21. The molecule has 5 N–H and O–H groups in total. The van der Waals surface area contributed by atoms with E-state index < -0.39 is 23.9 Å². The minimum Gasteiger partial charge on any atom is -0.480 e. The van der Waals surface area contributed by atoms with Crippen molar-refractivity contribution < 1.29 is 24.2 Å². The van der Waals surface area contributed by atoms with Gasteiger partial charge < -0.3 is 20.9 Å². The molecule has 0 spiro atoms. The normalized spacial score (nSPS) is 17.5. The molecule has 108 valence electrons. The third-order valence-corrected chi connectivity index (χ3v) is 2.55. The van der Waals surface area contributed by atoms with Crippen LogP contribution in [0.4, 0.5) is 4.79 Å². The number of aliphatic carboxylic acids is 1. The third kappa shape index (κ3) is 6.02. The first-order valence-electron chi connectivity index (χ1n) is 5.90. The molecule has 0 unspecified atom stereocenters. The van der Waals surface area contributed by atoms with E-state index in [1.54, 1.807) is 5.01 Å². The van der Waals surface area contributed by atoms with Crippen LogP contribution in [0.25, 0.3) is 0 Å². The van der Waals surface area contributed by atoms with E-state index in [1.807, 2.05) is 0 Å². The van der Waals surface area contributed by atoms with Gasteiger partial charge in [-0.3, -0.25) is 10.2 Å². The number of hydrogen-bond donors (Lipinski definition) is 4. The van der Waals surface area contributed by atoms with E-state index in [1.165, 1.54) is 0 Å². The monoisotopic (exact) mass is 274 g/mol. The summed E-state index contributed by atoms with van der Waals surface area (Å²) < 4.78 is 5.11. The Labute approximate surface area is 110 Å². The van der Waals surface area contributed by atoms with Crippen molar-refractivity contribution in [1.29, 1.82) is 0 Å². The van der Waals surface area contributed by atoms with Crippen molar-refractivity contribution in [1.82, 2.24) is 15.8 Å². The van der Waals surface area contributed by atoms with E-state index in [-0.39, 0.29) is 12.8 Å². The molecule has 0 saturated carbocycles. The van der Waals surface area contributed by atoms with Crippen LogP contribution in [-0.4, -0.2) is 60.4 Å². The number of carboxylic acid groups (broad SMARTS) is 1. The fourth-order valence-electron chi connectivity index (χ4n) is 1.55. The second-order valence-corrected chi connectivity index (χ2v) is 4.08. The molecule has 1 atom stereocenters. The number of rotatable bonds is 6. The van der Waals surface area contributed by atoms with Crippen molar-refractivity contribution in [2.24, 2.45) is 5.73 Å². The molecule has 1 aliphatic heterocycles. The first-order chi connectivity index (χ1) is 8.99. The number of urea groups is 1. The van der Waals surface area contributed by atoms with Gasteiger partial charge in [-0.25, -0.2) is 14.6 Å². The number of hydrazine groups is 1. The predicted molar refractivity (Wildman–Crippen MR) is 63.9 cm³/mol. The largest absolute Gasteiger partial charge is 0.480 e. The number of hydrogen-bond acceptors (Lipinski definition) is 5. The van der Waals surface area contributed by atoms with Crippen LogP contribution >= 0.6 is 0 Å². The highest BCUT2D eigenvalue weighted by atomic mass is 16.5. The number of carboxylic acids is 1. The van der Waals surface area contributed by atoms with Gasteiger partial charge >= 0.3 is 12.0 Å². The van der Waals surface area contributed by atoms with Crippen LogP contribution < -0.4 is 16.5 Å². The molecule has 0 bridgehead atoms. The molecule has 0 aromatic carbocycles. The van der Waals surface area contributed by atoms with Gasteiger partial charge in [-0.1, -0.05) is 0 Å². The van der Waals surface area contributed by atoms with Crippen LogP contribution in [0, 0.1) is 0 Å². The van der Waals surface area contributed by atoms with Gasteiger partial charge in [0.25, 0.3) is 0 Å². The number of ether oxygens (including phenoxy) is 1. The summed E-state index contributed by atoms with van der Waals surface area (Å²) in [6.45, 7) is 2.08. The van der Waals surface area contributed by atoms with Gasteiger partial charge in [0.1, 0.15) is 6.04 Å². The number of carbonyl (C=O) groups is 3. The Balaban J connectivity index is 2.37. The summed E-state index contributed by atoms with van der Waals surface area (Å²) in [5.41, 5.74) is 7.45. The number of nitrogens with two attached hydrogens (primary N) is 1. The summed E-state index contributed by atoms with van der Waals surface area (Å²) in [6.07, 6.45) is -0.143. The number of nitrogens with one attached hydrogen (secondary N) is 2. The molecule has 1 aliphatic rings. The Kier molecular flexibility index (Phi) is 6.03. The van der Waals surface area contributed by atoms with E-state index in [0.717, 1.165) is 0 Å². The van der Waals surface area contributed by atoms with Crippen LogP contribution in [0.5, 0.6) is 0 Å². The van der Waals surface area contributed by atoms with Gasteiger partial charge in [0, 0.05) is 19.5 Å². The van der Waals surface area contributed by atoms with Crippen molar-refractivity contribution in [2.75, 3.05) is 26.3 Å². The Morgan fingerprint density at radius 1 is 1.32 bits per heavy atom. The number of nitrogens with zero attached hydrogens (tertiary/aromatic N) is 1. The fraction of sp³-hybridized carbons (Fsp3) is 0.700. The molecule has 0 aromatic heterocycles. The second-order valence-electron chi connectivity index (χ2n) is 4.08. The summed E-state index contributed by atoms with van der Waals surface area (Å²) in [5, 5.41) is 12.8. The smallest absolute Gasteiger partial charge is 0.330 e. The van der Waals surface area contributed by atoms with Crippen LogP contribution in [-0.2, 0) is 14.3 Å². The van der Waals surface area contributed by atoms with Crippen LogP contribution in [0.1, 0.15) is 12.8 Å². The van der Waals surface area contributed by atoms with Crippen molar-refractivity contribution >= 4 is 17.9 Å². The van der Waals surface area contributed by atoms with E-state index in [9.17, 15) is 14.4 Å². The molecule has 0 aliphatic carbocycles. The third-order valence-electron chi connectivity index (χ3n) is 2.55. The average molecular weight is 274 g/mol. The van der Waals surface area contributed by atoms with E-state index >= 15 is 0 Å². The quantitative estimate of drug-likeness (QED) is 0.454. The zero-order valence-electron chi connectivity index (χ0n) is 10.4. The van der Waals surface area contributed by atoms with Crippen molar-refractivity contribution in [3.05, 3.63) is 0 Å². The lowest BCUT2D eigenvalue weighted by Gasteiger charge is -2.27. The van der Waals surface area contributed by atoms with Gasteiger partial charge in [0.05, 0.1) is 13.2 Å². The lowest BCUT2D eigenvalue weighted by molar-refractivity contribution is -0.139. The minimum absolute atomic E-state index is 0.0405. The van der Waals surface area contributed by atoms with Crippen LogP contribution in [0.2, 0.25) is 0 Å². The second kappa shape index (κ2) is 7.54. The van der Waals surface area contributed by atoms with E-state index in [4.69, 9.17) is 15.6 Å². The Hall–Kier alpha value is -1.87. The molecule has 1 saturated heterocycles. The Bertz CT molecular complexity index is 343. The van der Waals surface area contributed by atoms with Crippen molar-refractivity contribution in [2.45, 2.75) is 18.9 Å². The number of carbonyl (C=O) groups excluding carboxylic acids is 2. The molecule has 3 amide bonds. The summed E-state index contributed by atoms with van der Waals surface area (Å²) in [4.78, 5) is 33.1. The Morgan fingerprint density at radius 2 is 1.95 bits per heavy atom. The molecule has 9 nitrogen and oxygen atoms in total. The summed E-state index contributed by atoms with van der Waals surface area (Å²) in [7, 11) is 0. The zero-order valence-corrected chi connectivity index (χ0v) is 10.4. The summed E-state index contributed by atoms with van der Waals surface area (Å²) in [6, 6.07) is -1.77. The highest BCUT2D eigenvalue weighted by molar-refractivity contribution is 5.83. The molecular weight excluding hydrogens is 256 g/mol. The van der Waals surface area contributed by atoms with Gasteiger partial charge in [-0.15, -0.1) is 0 Å². The topological polar surface area (TPSA) is 134 Å². The SMILES string of the molecule is NC(=O)CC[C@H](NC(=O)NN1CCOCC1)C(=O)O. The number of amides is 3. The van der Waals surface area contributed by atoms with Crippen LogP contribution in [0.15, 0.2) is 0 Å². The summed E-state index contributed by atoms with van der Waals surface area (Å²) >= 11 is 0. The lowest BCUT2D eigenvalue weighted by atomic mass is 10.1. The molecule has 1 fully saturated rings. The predicted octanol–water partition coefficient (Wildman–Crippen LogP) is -1.75. The molecule has 0 aromatic rings. The maximum Gasteiger partial charge on any atom is 0.330 e. The number of morpholine rings is 1. The molecule has 19 heavy (non-hydrogen) atoms. The average Bonchev–Trinajstić information content (AvgIpc) is 2.35. The summed E-state index contributed by atoms with van der Waals surface area (Å²) in [5.74, 6) is -1.82. The highest BCUT2D eigenvalue weighted by Crippen LogP contribution is 1.98. The van der Waals surface area contributed by atoms with Gasteiger partial charge in [0.2, 0.25) is 5.91 Å². The zero-order chi connectivity index (χ0) is 14.3. The maximum absolute atomic E-state index is 11.6. The molecular formula is C10H18N4O5. The lowest BCUT2D eigenvalue weighted by Crippen LogP contribution is -2.54. The molecule has 9 heteroatoms. The first kappa shape index (κ1) is 15.2. The van der Waals surface area contributed by atoms with Gasteiger partial charge in [0.15, 0.2) is 0 Å². The first-order valence-corrected chi connectivity index (χ1v) is 5.90. The van der Waals surface area contributed by atoms with Crippen molar-refractivity contribution in [3.63, 3.8) is 0 Å². The standard InChI is InChI=1S/C10H18N4O5/c11-8(15)2-1-7(9(16)17)12-10(18)13-14-3-5-19-6-4-14/h7H,1-6H2,(H2,11,15)(H,16,17)(H2,12,13,18)/t7-/m0/s1. The molecule has 0 radical (unpaired) electrons. The molecule has 1 heterocycles. The van der Waals surface area contributed by atoms with Gasteiger partial charge in [-0.2, -0.15) is 0 Å². The maximum atomic E-state index is 11.6. The van der Waals surface area contributed by atoms with Gasteiger partial charge in [-0.05, 0) is 6.42 Å². The highest BCUT2D eigenvalue weighted by Gasteiger charge is 2.21. The number of primary amides is 1. The van der Waals surface area contributed by atoms with E-state index in [2.05, 4.69) is 10.7 Å². The molecule has 1 rings (SSSR count). The van der Waals surface area contributed by atoms with Crippen LogP contribution in [0.3, 0.4) is 0 Å². The van der Waals surface area contributed by atoms with Crippen molar-refractivity contribution in [3.8, 4) is 0 Å². The fourth-order valence-corrected chi connectivity index (χ4v) is 1.55. The van der Waals surface area contributed by atoms with E-state index in [0.29, 0.717) is 26.3 Å². The Morgan fingerprint density at radius 3 is 2.47 bits per heavy atom.